The number of rotatable bonds is 6. The van der Waals surface area contributed by atoms with Crippen LogP contribution in [0.25, 0.3) is 0 Å². The van der Waals surface area contributed by atoms with Gasteiger partial charge in [0.2, 0.25) is 0 Å². The van der Waals surface area contributed by atoms with E-state index < -0.39 is 18.1 Å². The molecule has 0 saturated carbocycles. The molecule has 1 aliphatic heterocycles. The second kappa shape index (κ2) is 8.01. The van der Waals surface area contributed by atoms with Crippen LogP contribution >= 0.6 is 23.4 Å². The number of aliphatic carboxylic acids is 1. The monoisotopic (exact) mass is 391 g/mol. The number of thioether (sulfide) groups is 1. The van der Waals surface area contributed by atoms with Gasteiger partial charge in [-0.1, -0.05) is 23.7 Å². The SMILES string of the molecule is CSc1ccc(C(CC(=O)O)NC(=O)C2Cc3cc(Cl)ccc3O2)cc1. The predicted molar refractivity (Wildman–Crippen MR) is 101 cm³/mol. The lowest BCUT2D eigenvalue weighted by molar-refractivity contribution is -0.138. The van der Waals surface area contributed by atoms with Crippen LogP contribution in [0.3, 0.4) is 0 Å². The molecule has 0 radical (unpaired) electrons. The number of hydrogen-bond donors (Lipinski definition) is 2. The number of fused-ring (bicyclic) bond motifs is 1. The van der Waals surface area contributed by atoms with Crippen LogP contribution in [0.15, 0.2) is 47.4 Å². The standard InChI is InChI=1S/C19H18ClNO4S/c1-26-14-5-2-11(3-6-14)15(10-18(22)23)21-19(24)17-9-12-8-13(20)4-7-16(12)25-17/h2-8,15,17H,9-10H2,1H3,(H,21,24)(H,22,23). The van der Waals surface area contributed by atoms with Crippen molar-refractivity contribution in [3.8, 4) is 5.75 Å². The van der Waals surface area contributed by atoms with Gasteiger partial charge < -0.3 is 15.2 Å². The molecule has 2 atom stereocenters. The molecule has 5 nitrogen and oxygen atoms in total. The summed E-state index contributed by atoms with van der Waals surface area (Å²) in [4.78, 5) is 24.9. The van der Waals surface area contributed by atoms with Crippen molar-refractivity contribution in [2.24, 2.45) is 0 Å². The molecule has 1 heterocycles. The first-order valence-electron chi connectivity index (χ1n) is 8.07. The topological polar surface area (TPSA) is 75.6 Å². The molecule has 0 aliphatic carbocycles. The van der Waals surface area contributed by atoms with Gasteiger partial charge in [0.1, 0.15) is 5.75 Å². The van der Waals surface area contributed by atoms with E-state index >= 15 is 0 Å². The Morgan fingerprint density at radius 3 is 2.69 bits per heavy atom. The van der Waals surface area contributed by atoms with Gasteiger partial charge in [0.15, 0.2) is 6.10 Å². The number of benzene rings is 2. The minimum absolute atomic E-state index is 0.199. The van der Waals surface area contributed by atoms with Crippen LogP contribution in [0.4, 0.5) is 0 Å². The number of amides is 1. The number of nitrogens with one attached hydrogen (secondary N) is 1. The number of hydrogen-bond acceptors (Lipinski definition) is 4. The van der Waals surface area contributed by atoms with E-state index in [0.717, 1.165) is 16.0 Å². The fourth-order valence-electron chi connectivity index (χ4n) is 2.89. The van der Waals surface area contributed by atoms with Crippen molar-refractivity contribution in [2.75, 3.05) is 6.26 Å². The Balaban J connectivity index is 1.72. The van der Waals surface area contributed by atoms with Crippen molar-refractivity contribution in [3.05, 3.63) is 58.6 Å². The van der Waals surface area contributed by atoms with E-state index in [-0.39, 0.29) is 12.3 Å². The Hall–Kier alpha value is -2.18. The summed E-state index contributed by atoms with van der Waals surface area (Å²) in [5.41, 5.74) is 1.62. The fourth-order valence-corrected chi connectivity index (χ4v) is 3.49. The average Bonchev–Trinajstić information content (AvgIpc) is 3.04. The summed E-state index contributed by atoms with van der Waals surface area (Å²) in [6, 6.07) is 12.1. The quantitative estimate of drug-likeness (QED) is 0.734. The van der Waals surface area contributed by atoms with Crippen LogP contribution in [-0.2, 0) is 16.0 Å². The summed E-state index contributed by atoms with van der Waals surface area (Å²) in [6.07, 6.45) is 1.49. The number of carboxylic acid groups (broad SMARTS) is 1. The molecular weight excluding hydrogens is 374 g/mol. The van der Waals surface area contributed by atoms with Crippen LogP contribution in [0.2, 0.25) is 5.02 Å². The van der Waals surface area contributed by atoms with Crippen LogP contribution in [0.1, 0.15) is 23.6 Å². The first-order chi connectivity index (χ1) is 12.5. The van der Waals surface area contributed by atoms with E-state index in [2.05, 4.69) is 5.32 Å². The number of carbonyl (C=O) groups is 2. The Morgan fingerprint density at radius 2 is 2.04 bits per heavy atom. The molecule has 2 unspecified atom stereocenters. The summed E-state index contributed by atoms with van der Waals surface area (Å²) >= 11 is 7.57. The minimum atomic E-state index is -0.980. The third-order valence-electron chi connectivity index (χ3n) is 4.20. The zero-order chi connectivity index (χ0) is 18.7. The Labute approximate surface area is 160 Å². The van der Waals surface area contributed by atoms with E-state index in [0.29, 0.717) is 17.2 Å². The first kappa shape index (κ1) is 18.6. The highest BCUT2D eigenvalue weighted by Crippen LogP contribution is 2.31. The molecular formula is C19H18ClNO4S. The van der Waals surface area contributed by atoms with Crippen LogP contribution < -0.4 is 10.1 Å². The highest BCUT2D eigenvalue weighted by atomic mass is 35.5. The summed E-state index contributed by atoms with van der Waals surface area (Å²) < 4.78 is 5.68. The molecule has 3 rings (SSSR count). The van der Waals surface area contributed by atoms with Crippen molar-refractivity contribution >= 4 is 35.2 Å². The van der Waals surface area contributed by atoms with Gasteiger partial charge >= 0.3 is 5.97 Å². The van der Waals surface area contributed by atoms with Crippen molar-refractivity contribution in [1.29, 1.82) is 0 Å². The smallest absolute Gasteiger partial charge is 0.305 e. The largest absolute Gasteiger partial charge is 0.481 e. The summed E-state index contributed by atoms with van der Waals surface area (Å²) in [6.45, 7) is 0. The molecule has 1 aliphatic rings. The highest BCUT2D eigenvalue weighted by molar-refractivity contribution is 7.98. The number of carboxylic acids is 1. The van der Waals surface area contributed by atoms with Gasteiger partial charge in [0, 0.05) is 16.3 Å². The molecule has 2 aromatic rings. The van der Waals surface area contributed by atoms with Crippen molar-refractivity contribution in [1.82, 2.24) is 5.32 Å². The molecule has 0 bridgehead atoms. The van der Waals surface area contributed by atoms with E-state index in [4.69, 9.17) is 16.3 Å². The van der Waals surface area contributed by atoms with E-state index in [1.165, 1.54) is 0 Å². The predicted octanol–water partition coefficient (Wildman–Crippen LogP) is 3.70. The maximum Gasteiger partial charge on any atom is 0.305 e. The summed E-state index contributed by atoms with van der Waals surface area (Å²) in [5, 5.41) is 12.6. The van der Waals surface area contributed by atoms with Crippen LogP contribution in [0, 0.1) is 0 Å². The third kappa shape index (κ3) is 4.31. The van der Waals surface area contributed by atoms with E-state index in [1.54, 1.807) is 30.0 Å². The van der Waals surface area contributed by atoms with E-state index in [1.807, 2.05) is 30.5 Å². The van der Waals surface area contributed by atoms with Gasteiger partial charge in [0.05, 0.1) is 12.5 Å². The minimum Gasteiger partial charge on any atom is -0.481 e. The zero-order valence-corrected chi connectivity index (χ0v) is 15.6. The lowest BCUT2D eigenvalue weighted by Crippen LogP contribution is -2.40. The molecule has 2 aromatic carbocycles. The van der Waals surface area contributed by atoms with Gasteiger partial charge in [-0.05, 0) is 47.7 Å². The Bertz CT molecular complexity index is 825. The van der Waals surface area contributed by atoms with E-state index in [9.17, 15) is 14.7 Å². The number of halogens is 1. The molecule has 0 aromatic heterocycles. The number of carbonyl (C=O) groups excluding carboxylic acids is 1. The normalized spacial score (nSPS) is 16.5. The van der Waals surface area contributed by atoms with Crippen molar-refractivity contribution < 1.29 is 19.4 Å². The second-order valence-electron chi connectivity index (χ2n) is 5.99. The maximum absolute atomic E-state index is 12.6. The Morgan fingerprint density at radius 1 is 1.31 bits per heavy atom. The maximum atomic E-state index is 12.6. The molecule has 0 spiro atoms. The molecule has 0 saturated heterocycles. The fraction of sp³-hybridized carbons (Fsp3) is 0.263. The third-order valence-corrected chi connectivity index (χ3v) is 5.18. The molecule has 7 heteroatoms. The van der Waals surface area contributed by atoms with Crippen molar-refractivity contribution in [2.45, 2.75) is 29.9 Å². The Kier molecular flexibility index (Phi) is 5.74. The average molecular weight is 392 g/mol. The summed E-state index contributed by atoms with van der Waals surface area (Å²) in [5.74, 6) is -0.683. The first-order valence-corrected chi connectivity index (χ1v) is 9.67. The highest BCUT2D eigenvalue weighted by Gasteiger charge is 2.31. The molecule has 1 amide bonds. The summed E-state index contributed by atoms with van der Waals surface area (Å²) in [7, 11) is 0. The molecule has 136 valence electrons. The van der Waals surface area contributed by atoms with Crippen LogP contribution in [0.5, 0.6) is 5.75 Å². The van der Waals surface area contributed by atoms with Gasteiger partial charge in [-0.25, -0.2) is 0 Å². The lowest BCUT2D eigenvalue weighted by atomic mass is 10.0. The van der Waals surface area contributed by atoms with Gasteiger partial charge in [-0.3, -0.25) is 9.59 Å². The molecule has 0 fully saturated rings. The van der Waals surface area contributed by atoms with Crippen LogP contribution in [-0.4, -0.2) is 29.3 Å². The van der Waals surface area contributed by atoms with Gasteiger partial charge in [-0.15, -0.1) is 11.8 Å². The second-order valence-corrected chi connectivity index (χ2v) is 7.31. The molecule has 2 N–H and O–H groups in total. The zero-order valence-electron chi connectivity index (χ0n) is 14.1. The number of ether oxygens (including phenoxy) is 1. The van der Waals surface area contributed by atoms with Crippen molar-refractivity contribution in [3.63, 3.8) is 0 Å². The van der Waals surface area contributed by atoms with Gasteiger partial charge in [0.25, 0.3) is 5.91 Å². The lowest BCUT2D eigenvalue weighted by Gasteiger charge is -2.20. The molecule has 26 heavy (non-hydrogen) atoms. The van der Waals surface area contributed by atoms with Gasteiger partial charge in [-0.2, -0.15) is 0 Å².